The van der Waals surface area contributed by atoms with Gasteiger partial charge >= 0.3 is 0 Å². The predicted octanol–water partition coefficient (Wildman–Crippen LogP) is 3.25. The lowest BCUT2D eigenvalue weighted by Gasteiger charge is -2.30. The molecular formula is C22H27N5O. The molecule has 0 saturated carbocycles. The number of nitrogens with zero attached hydrogens (tertiary/aromatic N) is 4. The molecule has 0 radical (unpaired) electrons. The normalized spacial score (nSPS) is 17.8. The van der Waals surface area contributed by atoms with Crippen LogP contribution < -0.4 is 5.32 Å². The number of hydrogen-bond acceptors (Lipinski definition) is 4. The molecule has 3 heterocycles. The molecule has 1 atom stereocenters. The Hall–Kier alpha value is -2.73. The summed E-state index contributed by atoms with van der Waals surface area (Å²) in [5.41, 5.74) is 4.35. The zero-order chi connectivity index (χ0) is 19.7. The second-order valence-corrected chi connectivity index (χ2v) is 7.74. The molecule has 1 aliphatic rings. The van der Waals surface area contributed by atoms with Crippen molar-refractivity contribution in [3.63, 3.8) is 0 Å². The number of aryl methyl sites for hydroxylation is 2. The van der Waals surface area contributed by atoms with Crippen LogP contribution in [-0.4, -0.2) is 51.8 Å². The Morgan fingerprint density at radius 3 is 2.93 bits per heavy atom. The molecule has 0 bridgehead atoms. The first-order valence-corrected chi connectivity index (χ1v) is 9.97. The van der Waals surface area contributed by atoms with Crippen LogP contribution in [0.4, 0.5) is 0 Å². The van der Waals surface area contributed by atoms with Gasteiger partial charge in [0.05, 0.1) is 23.0 Å². The highest BCUT2D eigenvalue weighted by Crippen LogP contribution is 2.26. The van der Waals surface area contributed by atoms with Crippen molar-refractivity contribution >= 4 is 16.8 Å². The van der Waals surface area contributed by atoms with Crippen molar-refractivity contribution in [2.75, 3.05) is 20.1 Å². The first kappa shape index (κ1) is 18.6. The molecule has 0 spiro atoms. The molecule has 0 aliphatic carbocycles. The van der Waals surface area contributed by atoms with Crippen LogP contribution in [0.5, 0.6) is 0 Å². The van der Waals surface area contributed by atoms with Crippen molar-refractivity contribution in [2.45, 2.75) is 39.3 Å². The predicted molar refractivity (Wildman–Crippen MR) is 111 cm³/mol. The number of carbonyl (C=O) groups excluding carboxylic acids is 1. The highest BCUT2D eigenvalue weighted by atomic mass is 16.1. The van der Waals surface area contributed by atoms with Crippen molar-refractivity contribution < 1.29 is 4.79 Å². The molecule has 1 fully saturated rings. The number of pyridine rings is 1. The van der Waals surface area contributed by atoms with Crippen molar-refractivity contribution in [3.05, 3.63) is 47.8 Å². The Kier molecular flexibility index (Phi) is 5.13. The van der Waals surface area contributed by atoms with Crippen molar-refractivity contribution in [1.29, 1.82) is 0 Å². The van der Waals surface area contributed by atoms with Crippen LogP contribution >= 0.6 is 0 Å². The van der Waals surface area contributed by atoms with Crippen LogP contribution in [0.2, 0.25) is 0 Å². The summed E-state index contributed by atoms with van der Waals surface area (Å²) in [4.78, 5) is 20.3. The Morgan fingerprint density at radius 1 is 1.32 bits per heavy atom. The zero-order valence-corrected chi connectivity index (χ0v) is 16.8. The number of likely N-dealkylation sites (tertiary alicyclic amines) is 1. The number of rotatable bonds is 4. The second-order valence-electron chi connectivity index (χ2n) is 7.74. The van der Waals surface area contributed by atoms with E-state index in [1.807, 2.05) is 55.2 Å². The maximum absolute atomic E-state index is 13.2. The molecule has 1 N–H and O–H groups in total. The van der Waals surface area contributed by atoms with E-state index in [0.29, 0.717) is 5.56 Å². The summed E-state index contributed by atoms with van der Waals surface area (Å²) >= 11 is 0. The number of likely N-dealkylation sites (N-methyl/N-ethyl adjacent to an activating group) is 1. The van der Waals surface area contributed by atoms with Crippen molar-refractivity contribution in [1.82, 2.24) is 25.0 Å². The van der Waals surface area contributed by atoms with Crippen LogP contribution in [0.25, 0.3) is 22.2 Å². The molecule has 28 heavy (non-hydrogen) atoms. The summed E-state index contributed by atoms with van der Waals surface area (Å²) in [7, 11) is 2.10. The number of amides is 1. The van der Waals surface area contributed by atoms with Gasteiger partial charge < -0.3 is 10.2 Å². The third-order valence-corrected chi connectivity index (χ3v) is 5.42. The van der Waals surface area contributed by atoms with E-state index < -0.39 is 0 Å². The van der Waals surface area contributed by atoms with E-state index in [4.69, 9.17) is 4.98 Å². The van der Waals surface area contributed by atoms with E-state index in [1.165, 1.54) is 0 Å². The quantitative estimate of drug-likeness (QED) is 0.758. The van der Waals surface area contributed by atoms with Gasteiger partial charge in [-0.2, -0.15) is 5.10 Å². The van der Waals surface area contributed by atoms with Gasteiger partial charge in [0.1, 0.15) is 0 Å². The lowest BCUT2D eigenvalue weighted by Crippen LogP contribution is -2.46. The summed E-state index contributed by atoms with van der Waals surface area (Å²) < 4.78 is 1.87. The largest absolute Gasteiger partial charge is 0.348 e. The van der Waals surface area contributed by atoms with E-state index in [1.54, 1.807) is 0 Å². The molecule has 1 saturated heterocycles. The molecule has 1 aromatic carbocycles. The molecule has 3 aromatic rings. The van der Waals surface area contributed by atoms with Crippen LogP contribution in [0, 0.1) is 6.92 Å². The highest BCUT2D eigenvalue weighted by molar-refractivity contribution is 6.07. The molecule has 1 amide bonds. The molecule has 4 rings (SSSR count). The van der Waals surface area contributed by atoms with Gasteiger partial charge in [0.25, 0.3) is 5.91 Å². The minimum atomic E-state index is -0.0271. The Balaban J connectivity index is 1.73. The third kappa shape index (κ3) is 3.78. The van der Waals surface area contributed by atoms with Crippen molar-refractivity contribution in [2.24, 2.45) is 0 Å². The Morgan fingerprint density at radius 2 is 2.18 bits per heavy atom. The fourth-order valence-electron chi connectivity index (χ4n) is 3.89. The Bertz CT molecular complexity index is 1010. The van der Waals surface area contributed by atoms with E-state index in [-0.39, 0.29) is 11.9 Å². The zero-order valence-electron chi connectivity index (χ0n) is 16.8. The SMILES string of the molecule is CCn1cc(-c2cc(C(=O)N[C@@H]3CCCN(C)C3)c3ccc(C)cc3n2)cn1. The summed E-state index contributed by atoms with van der Waals surface area (Å²) in [6.07, 6.45) is 5.92. The van der Waals surface area contributed by atoms with E-state index in [2.05, 4.69) is 22.4 Å². The highest BCUT2D eigenvalue weighted by Gasteiger charge is 2.21. The lowest BCUT2D eigenvalue weighted by molar-refractivity contribution is 0.0914. The standard InChI is InChI=1S/C22H27N5O/c1-4-27-13-16(12-23-27)20-11-19(18-8-7-15(2)10-21(18)25-20)22(28)24-17-6-5-9-26(3)14-17/h7-8,10-13,17H,4-6,9,14H2,1-3H3,(H,24,28)/t17-/m1/s1. The first-order chi connectivity index (χ1) is 13.5. The maximum atomic E-state index is 13.2. The number of benzene rings is 1. The molecule has 0 unspecified atom stereocenters. The molecular weight excluding hydrogens is 350 g/mol. The fraction of sp³-hybridized carbons (Fsp3) is 0.409. The smallest absolute Gasteiger partial charge is 0.252 e. The molecule has 1 aliphatic heterocycles. The number of hydrogen-bond donors (Lipinski definition) is 1. The topological polar surface area (TPSA) is 63.1 Å². The Labute approximate surface area is 165 Å². The van der Waals surface area contributed by atoms with Crippen LogP contribution in [-0.2, 0) is 6.54 Å². The minimum Gasteiger partial charge on any atom is -0.348 e. The molecule has 2 aromatic heterocycles. The van der Waals surface area contributed by atoms with Crippen LogP contribution in [0.3, 0.4) is 0 Å². The van der Waals surface area contributed by atoms with E-state index in [9.17, 15) is 4.79 Å². The van der Waals surface area contributed by atoms with E-state index in [0.717, 1.165) is 60.2 Å². The maximum Gasteiger partial charge on any atom is 0.252 e. The van der Waals surface area contributed by atoms with Crippen LogP contribution in [0.1, 0.15) is 35.7 Å². The van der Waals surface area contributed by atoms with Crippen LogP contribution in [0.15, 0.2) is 36.7 Å². The summed E-state index contributed by atoms with van der Waals surface area (Å²) in [5, 5.41) is 8.48. The molecule has 6 nitrogen and oxygen atoms in total. The minimum absolute atomic E-state index is 0.0271. The van der Waals surface area contributed by atoms with Crippen molar-refractivity contribution in [3.8, 4) is 11.3 Å². The summed E-state index contributed by atoms with van der Waals surface area (Å²) in [6.45, 7) is 6.88. The van der Waals surface area contributed by atoms with Gasteiger partial charge in [0.2, 0.25) is 0 Å². The first-order valence-electron chi connectivity index (χ1n) is 9.97. The lowest BCUT2D eigenvalue weighted by atomic mass is 10.0. The average molecular weight is 377 g/mol. The number of aromatic nitrogens is 3. The third-order valence-electron chi connectivity index (χ3n) is 5.42. The van der Waals surface area contributed by atoms with Gasteiger partial charge in [-0.25, -0.2) is 4.98 Å². The fourth-order valence-corrected chi connectivity index (χ4v) is 3.89. The molecule has 6 heteroatoms. The van der Waals surface area contributed by atoms with Gasteiger partial charge in [-0.1, -0.05) is 12.1 Å². The molecule has 146 valence electrons. The average Bonchev–Trinajstić information content (AvgIpc) is 3.16. The monoisotopic (exact) mass is 377 g/mol. The second kappa shape index (κ2) is 7.72. The van der Waals surface area contributed by atoms with Gasteiger partial charge in [0, 0.05) is 36.3 Å². The summed E-state index contributed by atoms with van der Waals surface area (Å²) in [5.74, 6) is -0.0271. The number of fused-ring (bicyclic) bond motifs is 1. The van der Waals surface area contributed by atoms with E-state index >= 15 is 0 Å². The van der Waals surface area contributed by atoms with Gasteiger partial charge in [0.15, 0.2) is 0 Å². The number of piperidine rings is 1. The number of nitrogens with one attached hydrogen (secondary N) is 1. The summed E-state index contributed by atoms with van der Waals surface area (Å²) in [6, 6.07) is 8.15. The van der Waals surface area contributed by atoms with Gasteiger partial charge in [-0.15, -0.1) is 0 Å². The van der Waals surface area contributed by atoms with Gasteiger partial charge in [-0.05, 0) is 58.0 Å². The van der Waals surface area contributed by atoms with Gasteiger partial charge in [-0.3, -0.25) is 9.48 Å². The number of carbonyl (C=O) groups is 1.